The minimum Gasteiger partial charge on any atom is -0.0801 e. The van der Waals surface area contributed by atoms with Crippen molar-refractivity contribution in [1.82, 2.24) is 0 Å². The van der Waals surface area contributed by atoms with E-state index in [-0.39, 0.29) is 0 Å². The van der Waals surface area contributed by atoms with Crippen LogP contribution in [0, 0.1) is 6.92 Å². The van der Waals surface area contributed by atoms with Crippen LogP contribution in [0.15, 0.2) is 48.6 Å². The quantitative estimate of drug-likeness (QED) is 0.603. The summed E-state index contributed by atoms with van der Waals surface area (Å²) >= 11 is 0. The first-order valence-corrected chi connectivity index (χ1v) is 5.71. The molecule has 0 radical (unpaired) electrons. The molecular formula is C16H14. The molecule has 0 N–H and O–H groups in total. The van der Waals surface area contributed by atoms with Crippen molar-refractivity contribution in [2.45, 2.75) is 13.3 Å². The molecule has 0 bridgehead atoms. The molecule has 0 heterocycles. The van der Waals surface area contributed by atoms with Gasteiger partial charge in [-0.2, -0.15) is 0 Å². The Morgan fingerprint density at radius 3 is 2.88 bits per heavy atom. The third-order valence-corrected chi connectivity index (χ3v) is 3.24. The predicted molar refractivity (Wildman–Crippen MR) is 70.6 cm³/mol. The number of rotatable bonds is 0. The third-order valence-electron chi connectivity index (χ3n) is 3.24. The fourth-order valence-corrected chi connectivity index (χ4v) is 2.46. The van der Waals surface area contributed by atoms with Crippen LogP contribution in [0.25, 0.3) is 16.8 Å². The lowest BCUT2D eigenvalue weighted by Gasteiger charge is -2.11. The van der Waals surface area contributed by atoms with Crippen molar-refractivity contribution >= 4 is 16.8 Å². The maximum Gasteiger partial charge on any atom is -0.00821 e. The first-order chi connectivity index (χ1) is 7.86. The second-order valence-corrected chi connectivity index (χ2v) is 4.30. The van der Waals surface area contributed by atoms with Gasteiger partial charge < -0.3 is 0 Å². The van der Waals surface area contributed by atoms with E-state index in [4.69, 9.17) is 0 Å². The van der Waals surface area contributed by atoms with Gasteiger partial charge in [0.1, 0.15) is 0 Å². The van der Waals surface area contributed by atoms with Crippen molar-refractivity contribution in [3.8, 4) is 0 Å². The summed E-state index contributed by atoms with van der Waals surface area (Å²) in [6.07, 6.45) is 9.75. The molecule has 0 fully saturated rings. The van der Waals surface area contributed by atoms with Crippen LogP contribution >= 0.6 is 0 Å². The highest BCUT2D eigenvalue weighted by Gasteiger charge is 2.08. The minimum atomic E-state index is 1.03. The van der Waals surface area contributed by atoms with Crippen LogP contribution in [0.1, 0.15) is 16.7 Å². The van der Waals surface area contributed by atoms with Crippen molar-refractivity contribution in [3.63, 3.8) is 0 Å². The lowest BCUT2D eigenvalue weighted by Crippen LogP contribution is -1.92. The third kappa shape index (κ3) is 1.38. The van der Waals surface area contributed by atoms with E-state index < -0.39 is 0 Å². The number of aryl methyl sites for hydroxylation is 1. The highest BCUT2D eigenvalue weighted by Crippen LogP contribution is 2.28. The first kappa shape index (κ1) is 9.41. The SMILES string of the molecule is Cc1cc2ccccc2c2c1C=CC=CC2. The standard InChI is InChI=1S/C16H14/c1-12-11-13-7-5-6-9-15(13)16-10-4-2-3-8-14(12)16/h2-9,11H,10H2,1H3. The number of hydrogen-bond donors (Lipinski definition) is 0. The van der Waals surface area contributed by atoms with Crippen LogP contribution in [0.5, 0.6) is 0 Å². The molecule has 0 nitrogen and oxygen atoms in total. The zero-order chi connectivity index (χ0) is 11.0. The molecule has 1 aliphatic rings. The molecule has 0 saturated heterocycles. The minimum absolute atomic E-state index is 1.03. The summed E-state index contributed by atoms with van der Waals surface area (Å²) in [5, 5.41) is 2.74. The molecule has 0 aromatic heterocycles. The molecule has 0 spiro atoms. The van der Waals surface area contributed by atoms with E-state index in [0.29, 0.717) is 0 Å². The van der Waals surface area contributed by atoms with Gasteiger partial charge in [-0.3, -0.25) is 0 Å². The van der Waals surface area contributed by atoms with Gasteiger partial charge in [-0.15, -0.1) is 0 Å². The van der Waals surface area contributed by atoms with Gasteiger partial charge in [0.15, 0.2) is 0 Å². The van der Waals surface area contributed by atoms with Crippen LogP contribution in [0.4, 0.5) is 0 Å². The molecule has 0 unspecified atom stereocenters. The monoisotopic (exact) mass is 206 g/mol. The molecule has 2 aromatic carbocycles. The Kier molecular flexibility index (Phi) is 2.14. The Balaban J connectivity index is 2.43. The maximum atomic E-state index is 2.28. The summed E-state index contributed by atoms with van der Waals surface area (Å²) in [5.41, 5.74) is 4.22. The van der Waals surface area contributed by atoms with Crippen LogP contribution < -0.4 is 0 Å². The fraction of sp³-hybridized carbons (Fsp3) is 0.125. The number of allylic oxidation sites excluding steroid dienone is 3. The largest absolute Gasteiger partial charge is 0.0801 e. The summed E-state index contributed by atoms with van der Waals surface area (Å²) in [7, 11) is 0. The maximum absolute atomic E-state index is 2.28. The molecule has 1 aliphatic carbocycles. The van der Waals surface area contributed by atoms with Gasteiger partial charge in [0, 0.05) is 0 Å². The van der Waals surface area contributed by atoms with Gasteiger partial charge in [0.2, 0.25) is 0 Å². The van der Waals surface area contributed by atoms with Crippen molar-refractivity contribution in [1.29, 1.82) is 0 Å². The number of fused-ring (bicyclic) bond motifs is 3. The van der Waals surface area contributed by atoms with E-state index in [2.05, 4.69) is 61.6 Å². The van der Waals surface area contributed by atoms with E-state index in [1.165, 1.54) is 27.5 Å². The first-order valence-electron chi connectivity index (χ1n) is 5.71. The van der Waals surface area contributed by atoms with Crippen LogP contribution in [0.2, 0.25) is 0 Å². The molecule has 0 amide bonds. The molecule has 78 valence electrons. The summed E-state index contributed by atoms with van der Waals surface area (Å²) in [6.45, 7) is 2.20. The van der Waals surface area contributed by atoms with Gasteiger partial charge in [0.25, 0.3) is 0 Å². The summed E-state index contributed by atoms with van der Waals surface area (Å²) in [4.78, 5) is 0. The number of hydrogen-bond acceptors (Lipinski definition) is 0. The Hall–Kier alpha value is -1.82. The van der Waals surface area contributed by atoms with Crippen LogP contribution in [-0.4, -0.2) is 0 Å². The van der Waals surface area contributed by atoms with Gasteiger partial charge >= 0.3 is 0 Å². The van der Waals surface area contributed by atoms with Gasteiger partial charge in [0.05, 0.1) is 0 Å². The Bertz CT molecular complexity index is 601. The molecule has 3 rings (SSSR count). The Morgan fingerprint density at radius 2 is 1.94 bits per heavy atom. The van der Waals surface area contributed by atoms with Crippen LogP contribution in [-0.2, 0) is 6.42 Å². The summed E-state index contributed by atoms with van der Waals surface area (Å²) < 4.78 is 0. The smallest absolute Gasteiger partial charge is 0.00821 e. The predicted octanol–water partition coefficient (Wildman–Crippen LogP) is 4.27. The van der Waals surface area contributed by atoms with E-state index >= 15 is 0 Å². The topological polar surface area (TPSA) is 0 Å². The molecule has 2 aromatic rings. The van der Waals surface area contributed by atoms with Gasteiger partial charge in [-0.05, 0) is 40.8 Å². The highest BCUT2D eigenvalue weighted by atomic mass is 14.1. The average molecular weight is 206 g/mol. The summed E-state index contributed by atoms with van der Waals surface area (Å²) in [5.74, 6) is 0. The Labute approximate surface area is 95.9 Å². The van der Waals surface area contributed by atoms with Gasteiger partial charge in [-0.25, -0.2) is 0 Å². The van der Waals surface area contributed by atoms with Crippen molar-refractivity contribution < 1.29 is 0 Å². The summed E-state index contributed by atoms with van der Waals surface area (Å²) in [6, 6.07) is 10.9. The second-order valence-electron chi connectivity index (χ2n) is 4.30. The van der Waals surface area contributed by atoms with Crippen molar-refractivity contribution in [2.24, 2.45) is 0 Å². The van der Waals surface area contributed by atoms with Crippen LogP contribution in [0.3, 0.4) is 0 Å². The van der Waals surface area contributed by atoms with E-state index in [1.807, 2.05) is 0 Å². The Morgan fingerprint density at radius 1 is 1.06 bits per heavy atom. The molecule has 0 heteroatoms. The molecule has 0 saturated carbocycles. The van der Waals surface area contributed by atoms with Gasteiger partial charge in [-0.1, -0.05) is 54.6 Å². The zero-order valence-corrected chi connectivity index (χ0v) is 9.40. The van der Waals surface area contributed by atoms with E-state index in [0.717, 1.165) is 6.42 Å². The normalized spacial score (nSPS) is 13.8. The zero-order valence-electron chi connectivity index (χ0n) is 9.40. The van der Waals surface area contributed by atoms with E-state index in [9.17, 15) is 0 Å². The lowest BCUT2D eigenvalue weighted by molar-refractivity contribution is 1.27. The molecule has 0 aliphatic heterocycles. The fourth-order valence-electron chi connectivity index (χ4n) is 2.46. The second kappa shape index (κ2) is 3.64. The van der Waals surface area contributed by atoms with E-state index in [1.54, 1.807) is 0 Å². The van der Waals surface area contributed by atoms with Crippen molar-refractivity contribution in [3.05, 3.63) is 65.3 Å². The lowest BCUT2D eigenvalue weighted by atomic mass is 9.93. The highest BCUT2D eigenvalue weighted by molar-refractivity contribution is 5.90. The molecule has 0 atom stereocenters. The number of benzene rings is 2. The average Bonchev–Trinajstić information content (AvgIpc) is 2.55. The molecular weight excluding hydrogens is 192 g/mol. The van der Waals surface area contributed by atoms with Crippen molar-refractivity contribution in [2.75, 3.05) is 0 Å². The molecule has 16 heavy (non-hydrogen) atoms.